The summed E-state index contributed by atoms with van der Waals surface area (Å²) >= 11 is 0. The Morgan fingerprint density at radius 3 is 2.86 bits per heavy atom. The molecule has 1 aromatic heterocycles. The predicted octanol–water partition coefficient (Wildman–Crippen LogP) is 1.35. The first-order chi connectivity index (χ1) is 10.3. The Morgan fingerprint density at radius 2 is 2.10 bits per heavy atom. The quantitative estimate of drug-likeness (QED) is 0.770. The highest BCUT2D eigenvalue weighted by Crippen LogP contribution is 2.05. The van der Waals surface area contributed by atoms with Gasteiger partial charge in [-0.25, -0.2) is 4.98 Å². The molecule has 0 radical (unpaired) electrons. The van der Waals surface area contributed by atoms with Gasteiger partial charge in [0.15, 0.2) is 0 Å². The topological polar surface area (TPSA) is 59.0 Å². The van der Waals surface area contributed by atoms with Crippen molar-refractivity contribution in [2.24, 2.45) is 0 Å². The lowest BCUT2D eigenvalue weighted by atomic mass is 10.1. The summed E-state index contributed by atoms with van der Waals surface area (Å²) in [5.41, 5.74) is 1.35. The largest absolute Gasteiger partial charge is 0.348 e. The van der Waals surface area contributed by atoms with Gasteiger partial charge < -0.3 is 15.2 Å². The Kier molecular flexibility index (Phi) is 5.97. The second kappa shape index (κ2) is 8.21. The summed E-state index contributed by atoms with van der Waals surface area (Å²) in [4.78, 5) is 15.7. The summed E-state index contributed by atoms with van der Waals surface area (Å²) in [6.07, 6.45) is 5.84. The van der Waals surface area contributed by atoms with Crippen LogP contribution in [0.3, 0.4) is 0 Å². The van der Waals surface area contributed by atoms with Crippen molar-refractivity contribution >= 4 is 5.91 Å². The number of aryl methyl sites for hydroxylation is 2. The van der Waals surface area contributed by atoms with Gasteiger partial charge in [-0.15, -0.1) is 0 Å². The normalized spacial score (nSPS) is 10.5. The minimum absolute atomic E-state index is 0.0173. The van der Waals surface area contributed by atoms with E-state index in [1.54, 1.807) is 13.2 Å². The van der Waals surface area contributed by atoms with E-state index < -0.39 is 0 Å². The van der Waals surface area contributed by atoms with Gasteiger partial charge in [0.2, 0.25) is 5.91 Å². The number of amides is 1. The van der Waals surface area contributed by atoms with Gasteiger partial charge in [0.1, 0.15) is 5.82 Å². The molecule has 0 saturated heterocycles. The van der Waals surface area contributed by atoms with Gasteiger partial charge in [0.05, 0.1) is 13.1 Å². The fourth-order valence-electron chi connectivity index (χ4n) is 2.21. The first-order valence-electron chi connectivity index (χ1n) is 7.25. The van der Waals surface area contributed by atoms with Crippen LogP contribution in [0, 0.1) is 0 Å². The number of nitrogens with zero attached hydrogens (tertiary/aromatic N) is 2. The smallest absolute Gasteiger partial charge is 0.234 e. The number of hydrogen-bond acceptors (Lipinski definition) is 3. The number of benzene rings is 1. The van der Waals surface area contributed by atoms with E-state index in [2.05, 4.69) is 44.5 Å². The Hall–Kier alpha value is -2.14. The van der Waals surface area contributed by atoms with Gasteiger partial charge in [-0.2, -0.15) is 0 Å². The van der Waals surface area contributed by atoms with Crippen molar-refractivity contribution < 1.29 is 4.79 Å². The van der Waals surface area contributed by atoms with Crippen molar-refractivity contribution in [3.63, 3.8) is 0 Å². The number of carbonyl (C=O) groups is 1. The fraction of sp³-hybridized carbons (Fsp3) is 0.375. The van der Waals surface area contributed by atoms with E-state index >= 15 is 0 Å². The van der Waals surface area contributed by atoms with Crippen molar-refractivity contribution in [2.45, 2.75) is 25.9 Å². The van der Waals surface area contributed by atoms with E-state index in [0.717, 1.165) is 25.2 Å². The number of aromatic nitrogens is 2. The number of rotatable bonds is 8. The van der Waals surface area contributed by atoms with Crippen molar-refractivity contribution in [2.75, 3.05) is 13.6 Å². The van der Waals surface area contributed by atoms with E-state index in [9.17, 15) is 4.79 Å². The molecular weight excluding hydrogens is 264 g/mol. The average molecular weight is 286 g/mol. The first-order valence-corrected chi connectivity index (χ1v) is 7.25. The maximum Gasteiger partial charge on any atom is 0.234 e. The standard InChI is InChI=1S/C16H22N4O/c1-17-13-16(21)19-12-15-18-9-11-20(15)10-5-8-14-6-3-2-4-7-14/h2-4,6-7,9,11,17H,5,8,10,12-13H2,1H3,(H,19,21). The minimum atomic E-state index is -0.0173. The van der Waals surface area contributed by atoms with Crippen LogP contribution in [0.5, 0.6) is 0 Å². The maximum absolute atomic E-state index is 11.4. The molecule has 0 aliphatic rings. The molecule has 21 heavy (non-hydrogen) atoms. The molecule has 112 valence electrons. The molecule has 0 bridgehead atoms. The highest BCUT2D eigenvalue weighted by Gasteiger charge is 2.05. The maximum atomic E-state index is 11.4. The van der Waals surface area contributed by atoms with Crippen LogP contribution in [-0.2, 0) is 24.3 Å². The van der Waals surface area contributed by atoms with Crippen LogP contribution in [0.25, 0.3) is 0 Å². The molecule has 0 spiro atoms. The molecule has 5 nitrogen and oxygen atoms in total. The van der Waals surface area contributed by atoms with Gasteiger partial charge in [-0.05, 0) is 25.5 Å². The molecule has 2 rings (SSSR count). The van der Waals surface area contributed by atoms with Crippen LogP contribution in [0.2, 0.25) is 0 Å². The molecule has 0 saturated carbocycles. The number of imidazole rings is 1. The van der Waals surface area contributed by atoms with E-state index in [0.29, 0.717) is 13.1 Å². The minimum Gasteiger partial charge on any atom is -0.348 e. The van der Waals surface area contributed by atoms with Crippen LogP contribution < -0.4 is 10.6 Å². The number of likely N-dealkylation sites (N-methyl/N-ethyl adjacent to an activating group) is 1. The predicted molar refractivity (Wildman–Crippen MR) is 82.8 cm³/mol. The summed E-state index contributed by atoms with van der Waals surface area (Å²) in [5.74, 6) is 0.879. The van der Waals surface area contributed by atoms with Crippen LogP contribution in [0.15, 0.2) is 42.7 Å². The summed E-state index contributed by atoms with van der Waals surface area (Å²) < 4.78 is 2.10. The van der Waals surface area contributed by atoms with Crippen LogP contribution in [0.4, 0.5) is 0 Å². The molecule has 5 heteroatoms. The number of hydrogen-bond donors (Lipinski definition) is 2. The summed E-state index contributed by atoms with van der Waals surface area (Å²) in [6.45, 7) is 1.71. The number of nitrogens with one attached hydrogen (secondary N) is 2. The second-order valence-electron chi connectivity index (χ2n) is 4.93. The third kappa shape index (κ3) is 5.04. The highest BCUT2D eigenvalue weighted by atomic mass is 16.1. The molecule has 1 amide bonds. The zero-order chi connectivity index (χ0) is 14.9. The molecule has 0 unspecified atom stereocenters. The number of carbonyl (C=O) groups excluding carboxylic acids is 1. The Bertz CT molecular complexity index is 550. The Morgan fingerprint density at radius 1 is 1.29 bits per heavy atom. The zero-order valence-corrected chi connectivity index (χ0v) is 12.4. The SMILES string of the molecule is CNCC(=O)NCc1nccn1CCCc1ccccc1. The van der Waals surface area contributed by atoms with Gasteiger partial charge in [-0.1, -0.05) is 30.3 Å². The summed E-state index contributed by atoms with van der Waals surface area (Å²) in [5, 5.41) is 5.68. The van der Waals surface area contributed by atoms with E-state index in [1.165, 1.54) is 5.56 Å². The average Bonchev–Trinajstić information content (AvgIpc) is 2.94. The molecular formula is C16H22N4O. The van der Waals surface area contributed by atoms with Crippen LogP contribution in [-0.4, -0.2) is 29.1 Å². The van der Waals surface area contributed by atoms with Crippen LogP contribution >= 0.6 is 0 Å². The zero-order valence-electron chi connectivity index (χ0n) is 12.4. The van der Waals surface area contributed by atoms with Crippen LogP contribution in [0.1, 0.15) is 17.8 Å². The second-order valence-corrected chi connectivity index (χ2v) is 4.93. The van der Waals surface area contributed by atoms with Gasteiger partial charge in [0.25, 0.3) is 0 Å². The molecule has 0 fully saturated rings. The Labute approximate surface area is 125 Å². The Balaban J connectivity index is 1.79. The monoisotopic (exact) mass is 286 g/mol. The van der Waals surface area contributed by atoms with Gasteiger partial charge >= 0.3 is 0 Å². The van der Waals surface area contributed by atoms with Crippen molar-refractivity contribution in [3.05, 3.63) is 54.1 Å². The van der Waals surface area contributed by atoms with Crippen molar-refractivity contribution in [1.29, 1.82) is 0 Å². The van der Waals surface area contributed by atoms with Gasteiger partial charge in [-0.3, -0.25) is 4.79 Å². The molecule has 2 aromatic rings. The molecule has 0 aliphatic heterocycles. The third-order valence-electron chi connectivity index (χ3n) is 3.29. The molecule has 2 N–H and O–H groups in total. The first kappa shape index (κ1) is 15.3. The van der Waals surface area contributed by atoms with E-state index in [-0.39, 0.29) is 5.91 Å². The van der Waals surface area contributed by atoms with Gasteiger partial charge in [0, 0.05) is 18.9 Å². The lowest BCUT2D eigenvalue weighted by molar-refractivity contribution is -0.120. The summed E-state index contributed by atoms with van der Waals surface area (Å²) in [7, 11) is 1.75. The molecule has 1 aromatic carbocycles. The fourth-order valence-corrected chi connectivity index (χ4v) is 2.21. The third-order valence-corrected chi connectivity index (χ3v) is 3.29. The highest BCUT2D eigenvalue weighted by molar-refractivity contribution is 5.77. The summed E-state index contributed by atoms with van der Waals surface area (Å²) in [6, 6.07) is 10.5. The molecule has 1 heterocycles. The van der Waals surface area contributed by atoms with E-state index in [4.69, 9.17) is 0 Å². The lowest BCUT2D eigenvalue weighted by Crippen LogP contribution is -2.32. The van der Waals surface area contributed by atoms with Crippen molar-refractivity contribution in [1.82, 2.24) is 20.2 Å². The lowest BCUT2D eigenvalue weighted by Gasteiger charge is -2.09. The van der Waals surface area contributed by atoms with Crippen molar-refractivity contribution in [3.8, 4) is 0 Å². The molecule has 0 aliphatic carbocycles. The van der Waals surface area contributed by atoms with E-state index in [1.807, 2.05) is 12.3 Å². The molecule has 0 atom stereocenters.